The van der Waals surface area contributed by atoms with Crippen LogP contribution in [0, 0.1) is 0 Å². The summed E-state index contributed by atoms with van der Waals surface area (Å²) in [7, 11) is 2.95. The average Bonchev–Trinajstić information content (AvgIpc) is 2.70. The van der Waals surface area contributed by atoms with Crippen molar-refractivity contribution in [2.75, 3.05) is 14.2 Å². The summed E-state index contributed by atoms with van der Waals surface area (Å²) in [5.74, 6) is 2.94. The lowest BCUT2D eigenvalue weighted by molar-refractivity contribution is 0.358. The second-order valence-corrected chi connectivity index (χ2v) is 5.87. The summed E-state index contributed by atoms with van der Waals surface area (Å²) >= 11 is 0. The third-order valence-electron chi connectivity index (χ3n) is 3.63. The van der Waals surface area contributed by atoms with Crippen LogP contribution in [0.15, 0.2) is 66.7 Å². The number of hydrogen-bond donors (Lipinski definition) is 0. The van der Waals surface area contributed by atoms with Gasteiger partial charge in [-0.2, -0.15) is 0 Å². The van der Waals surface area contributed by atoms with Crippen LogP contribution in [-0.4, -0.2) is 14.2 Å². The third kappa shape index (κ3) is 3.79. The molecule has 0 spiro atoms. The van der Waals surface area contributed by atoms with Crippen LogP contribution in [0.1, 0.15) is 0 Å². The maximum Gasteiger partial charge on any atom is 0.196 e. The lowest BCUT2D eigenvalue weighted by Crippen LogP contribution is -2.02. The molecule has 0 aromatic heterocycles. The van der Waals surface area contributed by atoms with Crippen molar-refractivity contribution < 1.29 is 23.5 Å². The Bertz CT molecular complexity index is 910. The average molecular weight is 368 g/mol. The SMILES string of the molecule is COc1ccccc1Oc1cccc(P=O)c1Oc1ccccc1OC. The molecule has 0 unspecified atom stereocenters. The maximum absolute atomic E-state index is 11.6. The Balaban J connectivity index is 2.02. The first kappa shape index (κ1) is 17.8. The Labute approximate surface area is 153 Å². The third-order valence-corrected chi connectivity index (χ3v) is 4.18. The zero-order chi connectivity index (χ0) is 18.4. The van der Waals surface area contributed by atoms with E-state index in [0.29, 0.717) is 39.8 Å². The lowest BCUT2D eigenvalue weighted by atomic mass is 10.3. The van der Waals surface area contributed by atoms with Crippen LogP contribution in [0.3, 0.4) is 0 Å². The Hall–Kier alpha value is -3.04. The van der Waals surface area contributed by atoms with Crippen molar-refractivity contribution in [3.63, 3.8) is 0 Å². The van der Waals surface area contributed by atoms with E-state index in [4.69, 9.17) is 18.9 Å². The van der Waals surface area contributed by atoms with Gasteiger partial charge in [0.05, 0.1) is 19.5 Å². The molecule has 0 fully saturated rings. The Kier molecular flexibility index (Phi) is 5.72. The van der Waals surface area contributed by atoms with Crippen LogP contribution in [0.5, 0.6) is 34.5 Å². The number of ether oxygens (including phenoxy) is 4. The predicted octanol–water partition coefficient (Wildman–Crippen LogP) is 5.21. The van der Waals surface area contributed by atoms with Gasteiger partial charge in [-0.3, -0.25) is 4.57 Å². The zero-order valence-corrected chi connectivity index (χ0v) is 15.2. The molecule has 3 aromatic carbocycles. The van der Waals surface area contributed by atoms with E-state index in [-0.39, 0.29) is 8.46 Å². The first-order chi connectivity index (χ1) is 12.8. The Morgan fingerprint density at radius 1 is 0.615 bits per heavy atom. The molecule has 132 valence electrons. The van der Waals surface area contributed by atoms with E-state index in [0.717, 1.165) is 0 Å². The van der Waals surface area contributed by atoms with E-state index >= 15 is 0 Å². The molecule has 0 aliphatic carbocycles. The summed E-state index contributed by atoms with van der Waals surface area (Å²) in [5, 5.41) is 0.461. The van der Waals surface area contributed by atoms with Gasteiger partial charge in [-0.25, -0.2) is 0 Å². The van der Waals surface area contributed by atoms with Crippen molar-refractivity contribution in [3.8, 4) is 34.5 Å². The summed E-state index contributed by atoms with van der Waals surface area (Å²) in [6.45, 7) is 0. The lowest BCUT2D eigenvalue weighted by Gasteiger charge is -2.16. The van der Waals surface area contributed by atoms with Crippen molar-refractivity contribution in [3.05, 3.63) is 66.7 Å². The van der Waals surface area contributed by atoms with Gasteiger partial charge in [0.25, 0.3) is 0 Å². The van der Waals surface area contributed by atoms with Gasteiger partial charge in [0.15, 0.2) is 43.0 Å². The molecule has 5 nitrogen and oxygen atoms in total. The fourth-order valence-corrected chi connectivity index (χ4v) is 2.78. The predicted molar refractivity (Wildman–Crippen MR) is 99.8 cm³/mol. The molecule has 0 saturated heterocycles. The van der Waals surface area contributed by atoms with Crippen molar-refractivity contribution in [2.45, 2.75) is 0 Å². The van der Waals surface area contributed by atoms with Gasteiger partial charge >= 0.3 is 0 Å². The molecule has 6 heteroatoms. The molecule has 3 rings (SSSR count). The van der Waals surface area contributed by atoms with Gasteiger partial charge in [0.2, 0.25) is 0 Å². The van der Waals surface area contributed by atoms with Gasteiger partial charge in [-0.1, -0.05) is 30.3 Å². The molecule has 0 radical (unpaired) electrons. The Morgan fingerprint density at radius 3 is 1.65 bits per heavy atom. The molecule has 0 aliphatic rings. The minimum atomic E-state index is -0.179. The number of para-hydroxylation sites is 5. The quantitative estimate of drug-likeness (QED) is 0.536. The van der Waals surface area contributed by atoms with E-state index < -0.39 is 0 Å². The number of benzene rings is 3. The number of rotatable bonds is 7. The highest BCUT2D eigenvalue weighted by Crippen LogP contribution is 2.40. The first-order valence-electron chi connectivity index (χ1n) is 7.85. The van der Waals surface area contributed by atoms with Gasteiger partial charge in [-0.05, 0) is 36.4 Å². The second kappa shape index (κ2) is 8.37. The smallest absolute Gasteiger partial charge is 0.196 e. The normalized spacial score (nSPS) is 10.4. The van der Waals surface area contributed by atoms with Crippen LogP contribution in [0.4, 0.5) is 0 Å². The van der Waals surface area contributed by atoms with Gasteiger partial charge in [0.1, 0.15) is 0 Å². The topological polar surface area (TPSA) is 54.0 Å². The number of methoxy groups -OCH3 is 2. The van der Waals surface area contributed by atoms with Gasteiger partial charge < -0.3 is 18.9 Å². The van der Waals surface area contributed by atoms with E-state index in [2.05, 4.69) is 0 Å². The largest absolute Gasteiger partial charge is 0.493 e. The monoisotopic (exact) mass is 368 g/mol. The number of hydrogen-bond acceptors (Lipinski definition) is 5. The van der Waals surface area contributed by atoms with Gasteiger partial charge in [0, 0.05) is 0 Å². The van der Waals surface area contributed by atoms with E-state index in [9.17, 15) is 4.57 Å². The standard InChI is InChI=1S/C20H17O5P/c1-22-14-8-3-5-10-16(14)24-18-12-7-13-19(26-21)20(18)25-17-11-6-4-9-15(17)23-2/h3-13H,1-2H3. The summed E-state index contributed by atoms with van der Waals surface area (Å²) in [5.41, 5.74) is 0. The van der Waals surface area contributed by atoms with E-state index in [1.165, 1.54) is 0 Å². The molecule has 0 bridgehead atoms. The fourth-order valence-electron chi connectivity index (χ4n) is 2.39. The summed E-state index contributed by atoms with van der Waals surface area (Å²) in [6.07, 6.45) is 0. The zero-order valence-electron chi connectivity index (χ0n) is 14.3. The minimum absolute atomic E-state index is 0.179. The molecule has 0 atom stereocenters. The summed E-state index contributed by atoms with van der Waals surface area (Å²) in [6, 6.07) is 19.7. The molecule has 0 amide bonds. The fraction of sp³-hybridized carbons (Fsp3) is 0.100. The molecule has 3 aromatic rings. The molecule has 0 saturated carbocycles. The van der Waals surface area contributed by atoms with Crippen molar-refractivity contribution in [2.24, 2.45) is 0 Å². The highest BCUT2D eigenvalue weighted by atomic mass is 31.1. The first-order valence-corrected chi connectivity index (χ1v) is 8.66. The van der Waals surface area contributed by atoms with E-state index in [1.54, 1.807) is 56.7 Å². The molecule has 0 N–H and O–H groups in total. The van der Waals surface area contributed by atoms with Crippen LogP contribution in [0.25, 0.3) is 0 Å². The van der Waals surface area contributed by atoms with Crippen molar-refractivity contribution in [1.82, 2.24) is 0 Å². The van der Waals surface area contributed by atoms with Crippen LogP contribution in [0.2, 0.25) is 0 Å². The maximum atomic E-state index is 11.6. The van der Waals surface area contributed by atoms with Crippen molar-refractivity contribution >= 4 is 13.8 Å². The van der Waals surface area contributed by atoms with Crippen LogP contribution < -0.4 is 24.3 Å². The molecule has 26 heavy (non-hydrogen) atoms. The summed E-state index contributed by atoms with van der Waals surface area (Å²) in [4.78, 5) is 0. The highest BCUT2D eigenvalue weighted by molar-refractivity contribution is 7.34. The minimum Gasteiger partial charge on any atom is -0.493 e. The van der Waals surface area contributed by atoms with Gasteiger partial charge in [-0.15, -0.1) is 0 Å². The summed E-state index contributed by atoms with van der Waals surface area (Å²) < 4.78 is 34.2. The molecular weight excluding hydrogens is 351 g/mol. The molecular formula is C20H17O5P. The Morgan fingerprint density at radius 2 is 1.12 bits per heavy atom. The van der Waals surface area contributed by atoms with E-state index in [1.807, 2.05) is 24.3 Å². The molecule has 0 heterocycles. The van der Waals surface area contributed by atoms with Crippen LogP contribution >= 0.6 is 8.46 Å². The van der Waals surface area contributed by atoms with Crippen LogP contribution in [-0.2, 0) is 4.57 Å². The molecule has 0 aliphatic heterocycles. The van der Waals surface area contributed by atoms with Crippen molar-refractivity contribution in [1.29, 1.82) is 0 Å². The highest BCUT2D eigenvalue weighted by Gasteiger charge is 2.17. The second-order valence-electron chi connectivity index (χ2n) is 5.20.